The van der Waals surface area contributed by atoms with Gasteiger partial charge in [0.2, 0.25) is 0 Å². The van der Waals surface area contributed by atoms with E-state index in [1.807, 2.05) is 12.1 Å². The van der Waals surface area contributed by atoms with Gasteiger partial charge in [-0.25, -0.2) is 0 Å². The summed E-state index contributed by atoms with van der Waals surface area (Å²) in [5.41, 5.74) is 1.24. The minimum Gasteiger partial charge on any atom is -0.494 e. The average molecular weight is 286 g/mol. The Morgan fingerprint density at radius 3 is 2.48 bits per heavy atom. The molecule has 1 fully saturated rings. The number of nitriles is 1. The standard InChI is InChI=1S/C18H26N2O/c1-3-18(2)9-12-20(13-10-18)11-4-14-21-17-7-5-16(15-19)6-8-17/h5-8H,3-4,9-14H2,1-2H3. The van der Waals surface area contributed by atoms with Crippen LogP contribution in [0.5, 0.6) is 5.75 Å². The summed E-state index contributed by atoms with van der Waals surface area (Å²) in [5, 5.41) is 8.75. The molecule has 1 aliphatic heterocycles. The van der Waals surface area contributed by atoms with Gasteiger partial charge in [0.25, 0.3) is 0 Å². The van der Waals surface area contributed by atoms with Gasteiger partial charge in [-0.2, -0.15) is 5.26 Å². The molecule has 0 saturated carbocycles. The van der Waals surface area contributed by atoms with Crippen LogP contribution in [-0.4, -0.2) is 31.1 Å². The first kappa shape index (κ1) is 15.9. The SMILES string of the molecule is CCC1(C)CCN(CCCOc2ccc(C#N)cc2)CC1. The highest BCUT2D eigenvalue weighted by molar-refractivity contribution is 5.34. The van der Waals surface area contributed by atoms with Crippen LogP contribution >= 0.6 is 0 Å². The van der Waals surface area contributed by atoms with Crippen LogP contribution < -0.4 is 4.74 Å². The molecule has 3 nitrogen and oxygen atoms in total. The van der Waals surface area contributed by atoms with Crippen molar-refractivity contribution in [2.75, 3.05) is 26.2 Å². The van der Waals surface area contributed by atoms with Crippen molar-refractivity contribution in [1.82, 2.24) is 4.90 Å². The van der Waals surface area contributed by atoms with Gasteiger partial charge in [0.05, 0.1) is 18.2 Å². The molecule has 114 valence electrons. The Bertz CT molecular complexity index is 467. The van der Waals surface area contributed by atoms with Crippen molar-refractivity contribution in [2.24, 2.45) is 5.41 Å². The predicted octanol–water partition coefficient (Wildman–Crippen LogP) is 3.84. The Morgan fingerprint density at radius 2 is 1.90 bits per heavy atom. The second-order valence-electron chi connectivity index (χ2n) is 6.34. The van der Waals surface area contributed by atoms with E-state index in [1.54, 1.807) is 12.1 Å². The second-order valence-corrected chi connectivity index (χ2v) is 6.34. The molecule has 1 heterocycles. The first-order valence-electron chi connectivity index (χ1n) is 8.00. The van der Waals surface area contributed by atoms with Crippen LogP contribution in [0, 0.1) is 16.7 Å². The van der Waals surface area contributed by atoms with Crippen molar-refractivity contribution in [3.8, 4) is 11.8 Å². The number of nitrogens with zero attached hydrogens (tertiary/aromatic N) is 2. The number of ether oxygens (including phenoxy) is 1. The van der Waals surface area contributed by atoms with Crippen LogP contribution in [-0.2, 0) is 0 Å². The number of hydrogen-bond acceptors (Lipinski definition) is 3. The van der Waals surface area contributed by atoms with E-state index in [-0.39, 0.29) is 0 Å². The zero-order chi connectivity index (χ0) is 15.1. The molecule has 2 rings (SSSR count). The third-order valence-electron chi connectivity index (χ3n) is 4.79. The number of piperidine rings is 1. The third-order valence-corrected chi connectivity index (χ3v) is 4.79. The second kappa shape index (κ2) is 7.47. The monoisotopic (exact) mass is 286 g/mol. The summed E-state index contributed by atoms with van der Waals surface area (Å²) < 4.78 is 5.72. The fraction of sp³-hybridized carbons (Fsp3) is 0.611. The lowest BCUT2D eigenvalue weighted by atomic mass is 9.78. The van der Waals surface area contributed by atoms with E-state index >= 15 is 0 Å². The van der Waals surface area contributed by atoms with E-state index in [0.717, 1.165) is 25.3 Å². The maximum Gasteiger partial charge on any atom is 0.119 e. The van der Waals surface area contributed by atoms with Crippen molar-refractivity contribution in [2.45, 2.75) is 39.5 Å². The normalized spacial score (nSPS) is 18.1. The van der Waals surface area contributed by atoms with Gasteiger partial charge >= 0.3 is 0 Å². The van der Waals surface area contributed by atoms with E-state index in [1.165, 1.54) is 32.4 Å². The van der Waals surface area contributed by atoms with Crippen molar-refractivity contribution in [3.05, 3.63) is 29.8 Å². The quantitative estimate of drug-likeness (QED) is 0.745. The highest BCUT2D eigenvalue weighted by Gasteiger charge is 2.27. The summed E-state index contributed by atoms with van der Waals surface area (Å²) in [7, 11) is 0. The largest absolute Gasteiger partial charge is 0.494 e. The van der Waals surface area contributed by atoms with Crippen LogP contribution in [0.2, 0.25) is 0 Å². The Balaban J connectivity index is 1.63. The summed E-state index contributed by atoms with van der Waals surface area (Å²) in [4.78, 5) is 2.56. The van der Waals surface area contributed by atoms with E-state index in [4.69, 9.17) is 10.00 Å². The molecular weight excluding hydrogens is 260 g/mol. The summed E-state index contributed by atoms with van der Waals surface area (Å²) >= 11 is 0. The molecule has 0 bridgehead atoms. The molecule has 1 saturated heterocycles. The fourth-order valence-corrected chi connectivity index (χ4v) is 2.77. The molecule has 1 aromatic rings. The first-order chi connectivity index (χ1) is 10.1. The van der Waals surface area contributed by atoms with Crippen molar-refractivity contribution in [1.29, 1.82) is 5.26 Å². The van der Waals surface area contributed by atoms with Crippen molar-refractivity contribution >= 4 is 0 Å². The molecule has 1 aliphatic rings. The lowest BCUT2D eigenvalue weighted by Crippen LogP contribution is -2.39. The summed E-state index contributed by atoms with van der Waals surface area (Å²) in [6.07, 6.45) is 4.99. The van der Waals surface area contributed by atoms with E-state index in [0.29, 0.717) is 11.0 Å². The van der Waals surface area contributed by atoms with E-state index in [9.17, 15) is 0 Å². The lowest BCUT2D eigenvalue weighted by molar-refractivity contribution is 0.109. The van der Waals surface area contributed by atoms with Crippen LogP contribution in [0.1, 0.15) is 45.1 Å². The molecule has 0 aliphatic carbocycles. The van der Waals surface area contributed by atoms with E-state index in [2.05, 4.69) is 24.8 Å². The zero-order valence-corrected chi connectivity index (χ0v) is 13.3. The maximum absolute atomic E-state index is 8.75. The number of benzene rings is 1. The highest BCUT2D eigenvalue weighted by Crippen LogP contribution is 2.33. The molecule has 0 radical (unpaired) electrons. The topological polar surface area (TPSA) is 36.3 Å². The Labute approximate surface area is 128 Å². The van der Waals surface area contributed by atoms with Crippen molar-refractivity contribution in [3.63, 3.8) is 0 Å². The summed E-state index contributed by atoms with van der Waals surface area (Å²) in [6, 6.07) is 9.44. The molecule has 21 heavy (non-hydrogen) atoms. The van der Waals surface area contributed by atoms with Crippen LogP contribution in [0.3, 0.4) is 0 Å². The van der Waals surface area contributed by atoms with Gasteiger partial charge in [-0.15, -0.1) is 0 Å². The zero-order valence-electron chi connectivity index (χ0n) is 13.3. The lowest BCUT2D eigenvalue weighted by Gasteiger charge is -2.38. The molecule has 1 aromatic carbocycles. The Morgan fingerprint density at radius 1 is 1.24 bits per heavy atom. The van der Waals surface area contributed by atoms with Gasteiger partial charge in [0, 0.05) is 6.54 Å². The molecule has 0 unspecified atom stereocenters. The summed E-state index contributed by atoms with van der Waals surface area (Å²) in [5.74, 6) is 0.853. The average Bonchev–Trinajstić information content (AvgIpc) is 2.54. The van der Waals surface area contributed by atoms with Gasteiger partial charge in [-0.3, -0.25) is 0 Å². The number of hydrogen-bond donors (Lipinski definition) is 0. The number of rotatable bonds is 6. The molecule has 0 N–H and O–H groups in total. The molecule has 0 spiro atoms. The van der Waals surface area contributed by atoms with Gasteiger partial charge in [-0.1, -0.05) is 20.3 Å². The van der Waals surface area contributed by atoms with Crippen LogP contribution in [0.15, 0.2) is 24.3 Å². The van der Waals surface area contributed by atoms with Gasteiger partial charge in [0.15, 0.2) is 0 Å². The van der Waals surface area contributed by atoms with Gasteiger partial charge in [0.1, 0.15) is 5.75 Å². The Kier molecular flexibility index (Phi) is 5.64. The van der Waals surface area contributed by atoms with Crippen molar-refractivity contribution < 1.29 is 4.74 Å². The molecule has 0 atom stereocenters. The molecule has 0 amide bonds. The summed E-state index contributed by atoms with van der Waals surface area (Å²) in [6.45, 7) is 9.03. The highest BCUT2D eigenvalue weighted by atomic mass is 16.5. The number of likely N-dealkylation sites (tertiary alicyclic amines) is 1. The minimum absolute atomic E-state index is 0.565. The van der Waals surface area contributed by atoms with Crippen LogP contribution in [0.25, 0.3) is 0 Å². The predicted molar refractivity (Wildman–Crippen MR) is 85.3 cm³/mol. The fourth-order valence-electron chi connectivity index (χ4n) is 2.77. The first-order valence-corrected chi connectivity index (χ1v) is 8.00. The minimum atomic E-state index is 0.565. The Hall–Kier alpha value is -1.53. The maximum atomic E-state index is 8.75. The molecule has 0 aromatic heterocycles. The third kappa shape index (κ3) is 4.75. The smallest absolute Gasteiger partial charge is 0.119 e. The molecule has 3 heteroatoms. The van der Waals surface area contributed by atoms with E-state index < -0.39 is 0 Å². The van der Waals surface area contributed by atoms with Crippen LogP contribution in [0.4, 0.5) is 0 Å². The molecular formula is C18H26N2O. The van der Waals surface area contributed by atoms with Gasteiger partial charge in [-0.05, 0) is 62.0 Å². The van der Waals surface area contributed by atoms with Gasteiger partial charge < -0.3 is 9.64 Å².